The Morgan fingerprint density at radius 1 is 0.793 bits per heavy atom. The molecule has 0 aromatic heterocycles. The molecule has 2 aromatic carbocycles. The minimum absolute atomic E-state index is 0.0163. The molecule has 18 heteroatoms. The van der Waals surface area contributed by atoms with Crippen LogP contribution in [-0.2, 0) is 65.4 Å². The van der Waals surface area contributed by atoms with Crippen LogP contribution < -0.4 is 10.6 Å². The molecule has 2 saturated carbocycles. The van der Waals surface area contributed by atoms with Gasteiger partial charge in [0.2, 0.25) is 23.6 Å². The highest BCUT2D eigenvalue weighted by molar-refractivity contribution is 5.88. The molecule has 314 valence electrons. The number of amides is 2. The first kappa shape index (κ1) is 41.8. The summed E-state index contributed by atoms with van der Waals surface area (Å²) in [4.78, 5) is 44.2. The fourth-order valence-corrected chi connectivity index (χ4v) is 8.35. The third-order valence-electron chi connectivity index (χ3n) is 11.7. The zero-order valence-electron chi connectivity index (χ0n) is 33.0. The number of ketones is 1. The number of carbonyl (C=O) groups is 3. The van der Waals surface area contributed by atoms with Gasteiger partial charge in [-0.05, 0) is 49.8 Å². The van der Waals surface area contributed by atoms with Crippen molar-refractivity contribution in [3.05, 3.63) is 82.2 Å². The highest BCUT2D eigenvalue weighted by Crippen LogP contribution is 2.47. The lowest BCUT2D eigenvalue weighted by molar-refractivity contribution is -0.456. The van der Waals surface area contributed by atoms with Crippen molar-refractivity contribution in [2.45, 2.75) is 138 Å². The molecule has 0 unspecified atom stereocenters. The van der Waals surface area contributed by atoms with E-state index in [1.807, 2.05) is 60.7 Å². The first-order valence-corrected chi connectivity index (χ1v) is 19.6. The summed E-state index contributed by atoms with van der Waals surface area (Å²) in [6, 6.07) is 16.8. The number of ether oxygens (including phenoxy) is 10. The average Bonchev–Trinajstić information content (AvgIpc) is 3.61. The van der Waals surface area contributed by atoms with E-state index in [2.05, 4.69) is 20.7 Å². The second-order valence-corrected chi connectivity index (χ2v) is 15.3. The maximum Gasteiger partial charge on any atom is 0.407 e. The predicted octanol–water partition coefficient (Wildman–Crippen LogP) is 4.92. The van der Waals surface area contributed by atoms with Crippen LogP contribution in [-0.4, -0.2) is 111 Å². The number of nitrogens with zero attached hydrogens (tertiary/aromatic N) is 3. The number of methoxy groups -OCH3 is 2. The van der Waals surface area contributed by atoms with Gasteiger partial charge in [-0.1, -0.05) is 72.2 Å². The van der Waals surface area contributed by atoms with Crippen molar-refractivity contribution in [3.8, 4) is 0 Å². The molecular weight excluding hydrogens is 758 g/mol. The first-order chi connectivity index (χ1) is 28.0. The Morgan fingerprint density at radius 3 is 1.95 bits per heavy atom. The van der Waals surface area contributed by atoms with Crippen LogP contribution in [0.2, 0.25) is 0 Å². The zero-order chi connectivity index (χ0) is 40.9. The van der Waals surface area contributed by atoms with Gasteiger partial charge in [0.1, 0.15) is 37.6 Å². The van der Waals surface area contributed by atoms with E-state index in [4.69, 9.17) is 47.4 Å². The van der Waals surface area contributed by atoms with Gasteiger partial charge in [-0.3, -0.25) is 4.79 Å². The molecule has 0 radical (unpaired) electrons. The minimum atomic E-state index is -1.63. The summed E-state index contributed by atoms with van der Waals surface area (Å²) < 4.78 is 61.6. The van der Waals surface area contributed by atoms with Crippen molar-refractivity contribution in [1.82, 2.24) is 10.6 Å². The van der Waals surface area contributed by atoms with Crippen LogP contribution in [0.1, 0.15) is 63.5 Å². The standard InChI is InChI=1S/C40H51N5O13/c1-38(49-3)39(2,50-4)56-33-29(46)35(53-28(21-42-45-41)32(33)55-38)54-30-26(43-36(47)51-22-24-14-8-5-9-15-24)20-27(44-37(48)52-23-25-16-10-6-11-17-25)31-34(30)58-40(57-31)18-12-7-13-19-40/h5-6,8-11,14-17,26-28,30-35H,7,12-13,18-23H2,1-4H3,(H,43,47)(H,44,48)/t26-,27+,28+,30+,31-,32+,33+,34-,35+,38-,39-/m0/s1. The number of fused-ring (bicyclic) bond motifs is 2. The highest BCUT2D eigenvalue weighted by atomic mass is 16.8. The maximum absolute atomic E-state index is 14.4. The van der Waals surface area contributed by atoms with E-state index in [0.29, 0.717) is 12.8 Å². The van der Waals surface area contributed by atoms with E-state index in [1.165, 1.54) is 14.2 Å². The third-order valence-corrected chi connectivity index (χ3v) is 11.7. The number of azide groups is 1. The summed E-state index contributed by atoms with van der Waals surface area (Å²) in [6.07, 6.45) is -5.41. The number of alkyl carbamates (subject to hydrolysis) is 2. The van der Waals surface area contributed by atoms with Gasteiger partial charge in [0.05, 0.1) is 24.7 Å². The molecule has 2 amide bonds. The molecule has 3 heterocycles. The third kappa shape index (κ3) is 8.80. The second-order valence-electron chi connectivity index (χ2n) is 15.3. The summed E-state index contributed by atoms with van der Waals surface area (Å²) in [7, 11) is 2.80. The number of hydrogen-bond donors (Lipinski definition) is 2. The molecule has 1 spiro atoms. The van der Waals surface area contributed by atoms with Gasteiger partial charge in [-0.15, -0.1) is 0 Å². The molecule has 58 heavy (non-hydrogen) atoms. The van der Waals surface area contributed by atoms with Crippen LogP contribution in [0.15, 0.2) is 65.8 Å². The van der Waals surface area contributed by atoms with Gasteiger partial charge < -0.3 is 58.0 Å². The molecule has 5 aliphatic rings. The van der Waals surface area contributed by atoms with E-state index in [0.717, 1.165) is 30.4 Å². The smallest absolute Gasteiger partial charge is 0.407 e. The maximum atomic E-state index is 14.4. The fourth-order valence-electron chi connectivity index (χ4n) is 8.35. The summed E-state index contributed by atoms with van der Waals surface area (Å²) in [5.74, 6) is -4.70. The number of rotatable bonds is 12. The SMILES string of the molecule is CO[C@@]1(C)O[C@H]2[C@H](O[C@]1(C)OC)C(=O)[C@@H](O[C@H]1[C@@H]3OC4(CCCCC4)O[C@H]3[C@H](NC(=O)OCc3ccccc3)C[C@@H]1NC(=O)OCc1ccccc1)O[C@@H]2CN=[N+]=[N-]. The lowest BCUT2D eigenvalue weighted by atomic mass is 9.83. The van der Waals surface area contributed by atoms with Gasteiger partial charge in [0, 0.05) is 32.0 Å². The quantitative estimate of drug-likeness (QED) is 0.166. The molecule has 2 N–H and O–H groups in total. The predicted molar refractivity (Wildman–Crippen MR) is 200 cm³/mol. The molecule has 2 aliphatic carbocycles. The molecule has 11 atom stereocenters. The molecule has 7 rings (SSSR count). The van der Waals surface area contributed by atoms with E-state index in [1.54, 1.807) is 13.8 Å². The molecule has 3 saturated heterocycles. The van der Waals surface area contributed by atoms with Gasteiger partial charge in [0.15, 0.2) is 11.9 Å². The summed E-state index contributed by atoms with van der Waals surface area (Å²) in [5, 5.41) is 9.58. The van der Waals surface area contributed by atoms with Gasteiger partial charge in [-0.2, -0.15) is 0 Å². The van der Waals surface area contributed by atoms with Crippen molar-refractivity contribution in [2.24, 2.45) is 5.11 Å². The Morgan fingerprint density at radius 2 is 1.36 bits per heavy atom. The lowest BCUT2D eigenvalue weighted by Gasteiger charge is -2.55. The average molecular weight is 810 g/mol. The van der Waals surface area contributed by atoms with E-state index in [9.17, 15) is 19.9 Å². The van der Waals surface area contributed by atoms with Crippen molar-refractivity contribution < 1.29 is 61.8 Å². The highest BCUT2D eigenvalue weighted by Gasteiger charge is 2.64. The molecule has 0 bridgehead atoms. The first-order valence-electron chi connectivity index (χ1n) is 19.6. The number of benzene rings is 2. The molecule has 18 nitrogen and oxygen atoms in total. The minimum Gasteiger partial charge on any atom is -0.445 e. The van der Waals surface area contributed by atoms with Crippen LogP contribution in [0, 0.1) is 0 Å². The van der Waals surface area contributed by atoms with E-state index >= 15 is 0 Å². The Labute approximate surface area is 336 Å². The Balaban J connectivity index is 1.18. The van der Waals surface area contributed by atoms with Crippen molar-refractivity contribution in [1.29, 1.82) is 0 Å². The number of Topliss-reactive ketones (excluding diaryl/α,β-unsaturated/α-hetero) is 1. The van der Waals surface area contributed by atoms with Crippen molar-refractivity contribution >= 4 is 18.0 Å². The van der Waals surface area contributed by atoms with Crippen molar-refractivity contribution in [2.75, 3.05) is 20.8 Å². The van der Waals surface area contributed by atoms with E-state index < -0.39 is 90.3 Å². The lowest BCUT2D eigenvalue weighted by Crippen LogP contribution is -2.72. The number of hydrogen-bond acceptors (Lipinski definition) is 14. The zero-order valence-corrected chi connectivity index (χ0v) is 33.0. The van der Waals surface area contributed by atoms with Crippen LogP contribution in [0.5, 0.6) is 0 Å². The molecule has 5 fully saturated rings. The van der Waals surface area contributed by atoms with Gasteiger partial charge in [0.25, 0.3) is 0 Å². The van der Waals surface area contributed by atoms with Crippen LogP contribution in [0.25, 0.3) is 10.4 Å². The Bertz CT molecular complexity index is 1800. The van der Waals surface area contributed by atoms with Gasteiger partial charge >= 0.3 is 12.2 Å². The number of nitrogens with one attached hydrogen (secondary N) is 2. The molecule has 2 aromatic rings. The summed E-state index contributed by atoms with van der Waals surface area (Å²) in [6.45, 7) is 2.94. The van der Waals surface area contributed by atoms with E-state index in [-0.39, 0.29) is 26.2 Å². The van der Waals surface area contributed by atoms with Crippen LogP contribution in [0.3, 0.4) is 0 Å². The van der Waals surface area contributed by atoms with Crippen molar-refractivity contribution in [3.63, 3.8) is 0 Å². The Hall–Kier alpha value is -4.36. The fraction of sp³-hybridized carbons (Fsp3) is 0.625. The summed E-state index contributed by atoms with van der Waals surface area (Å²) >= 11 is 0. The molecular formula is C40H51N5O13. The summed E-state index contributed by atoms with van der Waals surface area (Å²) in [5.41, 5.74) is 10.8. The van der Waals surface area contributed by atoms with Crippen LogP contribution in [0.4, 0.5) is 9.59 Å². The Kier molecular flexibility index (Phi) is 12.9. The number of carbonyl (C=O) groups excluding carboxylic acids is 3. The normalized spacial score (nSPS) is 35.2. The molecule has 3 aliphatic heterocycles. The monoisotopic (exact) mass is 809 g/mol. The largest absolute Gasteiger partial charge is 0.445 e. The topological polar surface area (TPSA) is 216 Å². The van der Waals surface area contributed by atoms with Gasteiger partial charge in [-0.25, -0.2) is 9.59 Å². The van der Waals surface area contributed by atoms with Crippen LogP contribution >= 0.6 is 0 Å². The second kappa shape index (κ2) is 17.9.